The van der Waals surface area contributed by atoms with Gasteiger partial charge >= 0.3 is 5.97 Å². The van der Waals surface area contributed by atoms with Crippen molar-refractivity contribution < 1.29 is 19.1 Å². The highest BCUT2D eigenvalue weighted by Gasteiger charge is 2.28. The molecule has 0 aliphatic carbocycles. The number of hydrogen-bond acceptors (Lipinski definition) is 4. The van der Waals surface area contributed by atoms with E-state index in [1.54, 1.807) is 0 Å². The first-order valence-corrected chi connectivity index (χ1v) is 14.2. The van der Waals surface area contributed by atoms with Crippen molar-refractivity contribution in [2.75, 3.05) is 7.11 Å². The molecular formula is C37H36N2O4. The van der Waals surface area contributed by atoms with Gasteiger partial charge in [-0.1, -0.05) is 133 Å². The maximum Gasteiger partial charge on any atom is 0.328 e. The lowest BCUT2D eigenvalue weighted by Crippen LogP contribution is -2.53. The summed E-state index contributed by atoms with van der Waals surface area (Å²) in [6.45, 7) is 1.36. The molecule has 0 radical (unpaired) electrons. The Balaban J connectivity index is 1.67. The summed E-state index contributed by atoms with van der Waals surface area (Å²) < 4.78 is 5.13. The Bertz CT molecular complexity index is 1500. The average Bonchev–Trinajstić information content (AvgIpc) is 3.03. The van der Waals surface area contributed by atoms with E-state index in [-0.39, 0.29) is 18.7 Å². The molecule has 2 atom stereocenters. The molecule has 6 nitrogen and oxygen atoms in total. The molecule has 0 aliphatic rings. The van der Waals surface area contributed by atoms with Crippen LogP contribution in [0.4, 0.5) is 0 Å². The van der Waals surface area contributed by atoms with E-state index in [1.165, 1.54) is 14.0 Å². The fraction of sp³-hybridized carbons (Fsp3) is 0.162. The maximum absolute atomic E-state index is 13.5. The zero-order chi connectivity index (χ0) is 30.4. The number of amides is 2. The van der Waals surface area contributed by atoms with Crippen LogP contribution < -0.4 is 10.6 Å². The molecule has 0 bridgehead atoms. The number of carbonyl (C=O) groups is 3. The van der Waals surface area contributed by atoms with Gasteiger partial charge in [0.2, 0.25) is 11.8 Å². The van der Waals surface area contributed by atoms with Crippen LogP contribution in [0.2, 0.25) is 0 Å². The van der Waals surface area contributed by atoms with E-state index in [0.717, 1.165) is 33.4 Å². The lowest BCUT2D eigenvalue weighted by atomic mass is 9.93. The average molecular weight is 573 g/mol. The third-order valence-corrected chi connectivity index (χ3v) is 6.95. The van der Waals surface area contributed by atoms with Gasteiger partial charge in [-0.2, -0.15) is 0 Å². The van der Waals surface area contributed by atoms with E-state index < -0.39 is 24.0 Å². The highest BCUT2D eigenvalue weighted by Crippen LogP contribution is 2.23. The highest BCUT2D eigenvalue weighted by atomic mass is 16.5. The summed E-state index contributed by atoms with van der Waals surface area (Å²) in [6.07, 6.45) is 8.51. The predicted molar refractivity (Wildman–Crippen MR) is 173 cm³/mol. The van der Waals surface area contributed by atoms with Crippen LogP contribution in [0.15, 0.2) is 109 Å². The predicted octanol–water partition coefficient (Wildman–Crippen LogP) is 5.98. The van der Waals surface area contributed by atoms with Gasteiger partial charge in [-0.25, -0.2) is 4.79 Å². The quantitative estimate of drug-likeness (QED) is 0.162. The maximum atomic E-state index is 13.5. The van der Waals surface area contributed by atoms with Gasteiger partial charge in [0.25, 0.3) is 0 Å². The summed E-state index contributed by atoms with van der Waals surface area (Å²) in [4.78, 5) is 38.6. The van der Waals surface area contributed by atoms with E-state index >= 15 is 0 Å². The smallest absolute Gasteiger partial charge is 0.328 e. The highest BCUT2D eigenvalue weighted by molar-refractivity contribution is 5.91. The lowest BCUT2D eigenvalue weighted by Gasteiger charge is -2.23. The molecule has 6 heteroatoms. The molecule has 0 aromatic heterocycles. The molecule has 4 aromatic carbocycles. The van der Waals surface area contributed by atoms with Crippen LogP contribution in [0, 0.1) is 0 Å². The standard InChI is InChI=1S/C37H36N2O4/c1-27(40)38-34(25-30-17-10-5-11-18-30)36(41)39-35(37(42)43-2)26-33-31(23-21-28-13-6-3-7-14-28)19-12-20-32(33)24-22-29-15-8-4-9-16-29/h3-24,34-35H,25-26H2,1-2H3,(H,38,40)(H,39,41)/b23-21+,24-22+/t34-,35-/m0/s1. The second kappa shape index (κ2) is 15.7. The molecule has 0 heterocycles. The first-order chi connectivity index (χ1) is 20.9. The molecule has 0 saturated carbocycles. The number of carbonyl (C=O) groups excluding carboxylic acids is 3. The van der Waals surface area contributed by atoms with Crippen LogP contribution in [0.5, 0.6) is 0 Å². The third-order valence-electron chi connectivity index (χ3n) is 6.95. The number of benzene rings is 4. The molecule has 0 unspecified atom stereocenters. The number of ether oxygens (including phenoxy) is 1. The second-order valence-electron chi connectivity index (χ2n) is 10.1. The van der Waals surface area contributed by atoms with Crippen molar-refractivity contribution in [3.8, 4) is 0 Å². The Morgan fingerprint density at radius 3 is 1.63 bits per heavy atom. The number of esters is 1. The van der Waals surface area contributed by atoms with E-state index in [0.29, 0.717) is 0 Å². The van der Waals surface area contributed by atoms with Crippen LogP contribution in [0.25, 0.3) is 24.3 Å². The topological polar surface area (TPSA) is 84.5 Å². The summed E-state index contributed by atoms with van der Waals surface area (Å²) in [7, 11) is 1.30. The number of rotatable bonds is 12. The van der Waals surface area contributed by atoms with E-state index in [2.05, 4.69) is 10.6 Å². The Kier molecular flexibility index (Phi) is 11.2. The first kappa shape index (κ1) is 30.7. The molecule has 0 spiro atoms. The van der Waals surface area contributed by atoms with Crippen molar-refractivity contribution in [3.63, 3.8) is 0 Å². The SMILES string of the molecule is COC(=O)[C@H](Cc1c(/C=C/c2ccccc2)cccc1/C=C/c1ccccc1)NC(=O)[C@H](Cc1ccccc1)NC(C)=O. The van der Waals surface area contributed by atoms with E-state index in [1.807, 2.05) is 133 Å². The van der Waals surface area contributed by atoms with Crippen molar-refractivity contribution in [1.82, 2.24) is 10.6 Å². The largest absolute Gasteiger partial charge is 0.467 e. The summed E-state index contributed by atoms with van der Waals surface area (Å²) in [5.74, 6) is -1.38. The fourth-order valence-electron chi connectivity index (χ4n) is 4.79. The Morgan fingerprint density at radius 2 is 1.14 bits per heavy atom. The molecule has 2 N–H and O–H groups in total. The van der Waals surface area contributed by atoms with Gasteiger partial charge in [-0.05, 0) is 33.4 Å². The van der Waals surface area contributed by atoms with E-state index in [4.69, 9.17) is 4.74 Å². The third kappa shape index (κ3) is 9.40. The molecule has 0 aliphatic heterocycles. The van der Waals surface area contributed by atoms with Gasteiger partial charge in [-0.15, -0.1) is 0 Å². The molecule has 4 rings (SSSR count). The molecule has 4 aromatic rings. The lowest BCUT2D eigenvalue weighted by molar-refractivity contribution is -0.145. The normalized spacial score (nSPS) is 12.5. The summed E-state index contributed by atoms with van der Waals surface area (Å²) >= 11 is 0. The van der Waals surface area contributed by atoms with Gasteiger partial charge < -0.3 is 15.4 Å². The van der Waals surface area contributed by atoms with Crippen molar-refractivity contribution in [1.29, 1.82) is 0 Å². The summed E-state index contributed by atoms with van der Waals surface area (Å²) in [5, 5.41) is 5.60. The minimum Gasteiger partial charge on any atom is -0.467 e. The zero-order valence-corrected chi connectivity index (χ0v) is 24.4. The van der Waals surface area contributed by atoms with Gasteiger partial charge in [0.1, 0.15) is 12.1 Å². The minimum atomic E-state index is -0.986. The molecule has 0 fully saturated rings. The van der Waals surface area contributed by atoms with Crippen LogP contribution in [-0.2, 0) is 32.0 Å². The van der Waals surface area contributed by atoms with Crippen LogP contribution in [-0.4, -0.2) is 37.0 Å². The van der Waals surface area contributed by atoms with Crippen LogP contribution in [0.1, 0.15) is 40.3 Å². The Morgan fingerprint density at radius 1 is 0.628 bits per heavy atom. The molecule has 43 heavy (non-hydrogen) atoms. The minimum absolute atomic E-state index is 0.181. The second-order valence-corrected chi connectivity index (χ2v) is 10.1. The van der Waals surface area contributed by atoms with Crippen molar-refractivity contribution in [3.05, 3.63) is 143 Å². The van der Waals surface area contributed by atoms with Crippen molar-refractivity contribution >= 4 is 42.1 Å². The van der Waals surface area contributed by atoms with Crippen LogP contribution in [0.3, 0.4) is 0 Å². The van der Waals surface area contributed by atoms with Crippen molar-refractivity contribution in [2.24, 2.45) is 0 Å². The molecular weight excluding hydrogens is 536 g/mol. The van der Waals surface area contributed by atoms with Crippen molar-refractivity contribution in [2.45, 2.75) is 31.8 Å². The zero-order valence-electron chi connectivity index (χ0n) is 24.4. The molecule has 218 valence electrons. The van der Waals surface area contributed by atoms with Gasteiger partial charge in [0.15, 0.2) is 0 Å². The van der Waals surface area contributed by atoms with Gasteiger partial charge in [0, 0.05) is 19.8 Å². The van der Waals surface area contributed by atoms with Gasteiger partial charge in [0.05, 0.1) is 7.11 Å². The summed E-state index contributed by atoms with van der Waals surface area (Å²) in [6, 6.07) is 33.4. The number of methoxy groups -OCH3 is 1. The number of hydrogen-bond donors (Lipinski definition) is 2. The first-order valence-electron chi connectivity index (χ1n) is 14.2. The molecule has 2 amide bonds. The fourth-order valence-corrected chi connectivity index (χ4v) is 4.79. The Hall–Kier alpha value is -5.23. The number of nitrogens with one attached hydrogen (secondary N) is 2. The van der Waals surface area contributed by atoms with Gasteiger partial charge in [-0.3, -0.25) is 9.59 Å². The van der Waals surface area contributed by atoms with E-state index in [9.17, 15) is 14.4 Å². The Labute approximate surface area is 253 Å². The van der Waals surface area contributed by atoms with Crippen LogP contribution >= 0.6 is 0 Å². The monoisotopic (exact) mass is 572 g/mol. The molecule has 0 saturated heterocycles. The summed E-state index contributed by atoms with van der Waals surface area (Å²) in [5.41, 5.74) is 5.65.